The number of tetrazole rings is 1. The molecule has 10 heteroatoms. The molecular weight excluding hydrogens is 392 g/mol. The second kappa shape index (κ2) is 8.19. The van der Waals surface area contributed by atoms with E-state index in [0.29, 0.717) is 24.6 Å². The molecule has 2 aromatic rings. The summed E-state index contributed by atoms with van der Waals surface area (Å²) in [5.74, 6) is 0.282. The Hall–Kier alpha value is -2.33. The van der Waals surface area contributed by atoms with Crippen LogP contribution >= 0.6 is 0 Å². The van der Waals surface area contributed by atoms with Crippen LogP contribution in [0.4, 0.5) is 5.69 Å². The van der Waals surface area contributed by atoms with E-state index in [1.165, 1.54) is 15.1 Å². The van der Waals surface area contributed by atoms with Gasteiger partial charge >= 0.3 is 0 Å². The van der Waals surface area contributed by atoms with Gasteiger partial charge in [-0.15, -0.1) is 5.10 Å². The van der Waals surface area contributed by atoms with Crippen molar-refractivity contribution in [2.45, 2.75) is 63.8 Å². The Kier molecular flexibility index (Phi) is 6.04. The van der Waals surface area contributed by atoms with Crippen LogP contribution in [0.3, 0.4) is 0 Å². The second-order valence-corrected chi connectivity index (χ2v) is 10.3. The predicted octanol–water partition coefficient (Wildman–Crippen LogP) is 2.09. The van der Waals surface area contributed by atoms with Crippen molar-refractivity contribution in [3.8, 4) is 0 Å². The van der Waals surface area contributed by atoms with Gasteiger partial charge in [0.05, 0.1) is 4.90 Å². The number of anilines is 1. The Morgan fingerprint density at radius 3 is 2.52 bits per heavy atom. The van der Waals surface area contributed by atoms with Crippen LogP contribution in [-0.4, -0.2) is 51.9 Å². The molecule has 1 N–H and O–H groups in total. The van der Waals surface area contributed by atoms with E-state index in [4.69, 9.17) is 0 Å². The highest BCUT2D eigenvalue weighted by Crippen LogP contribution is 2.25. The largest absolute Gasteiger partial charge is 0.324 e. The van der Waals surface area contributed by atoms with Crippen molar-refractivity contribution >= 4 is 21.6 Å². The molecule has 0 bridgehead atoms. The summed E-state index contributed by atoms with van der Waals surface area (Å²) in [5.41, 5.74) is 0.949. The maximum absolute atomic E-state index is 12.9. The molecule has 0 unspecified atom stereocenters. The topological polar surface area (TPSA) is 110 Å². The van der Waals surface area contributed by atoms with Gasteiger partial charge < -0.3 is 5.32 Å². The number of carbonyl (C=O) groups excluding carboxylic acids is 1. The van der Waals surface area contributed by atoms with E-state index in [1.807, 2.05) is 27.7 Å². The van der Waals surface area contributed by atoms with Gasteiger partial charge in [-0.25, -0.2) is 13.1 Å². The number of nitrogens with one attached hydrogen (secondary N) is 1. The molecule has 2 heterocycles. The minimum Gasteiger partial charge on any atom is -0.324 e. The minimum atomic E-state index is -3.57. The molecule has 1 aromatic carbocycles. The third-order valence-electron chi connectivity index (χ3n) is 4.93. The average molecular weight is 421 g/mol. The molecular formula is C19H28N6O3S. The van der Waals surface area contributed by atoms with Crippen LogP contribution in [0.1, 0.15) is 51.4 Å². The van der Waals surface area contributed by atoms with Crippen LogP contribution in [0.2, 0.25) is 0 Å². The summed E-state index contributed by atoms with van der Waals surface area (Å²) in [6.07, 6.45) is 2.79. The highest BCUT2D eigenvalue weighted by atomic mass is 32.2. The number of piperidine rings is 1. The smallest absolute Gasteiger partial charge is 0.246 e. The van der Waals surface area contributed by atoms with Gasteiger partial charge in [0.25, 0.3) is 0 Å². The third-order valence-corrected chi connectivity index (χ3v) is 6.83. The van der Waals surface area contributed by atoms with Crippen LogP contribution in [0.15, 0.2) is 23.1 Å². The number of aromatic nitrogens is 4. The minimum absolute atomic E-state index is 0.0534. The molecule has 29 heavy (non-hydrogen) atoms. The molecule has 1 fully saturated rings. The highest BCUT2D eigenvalue weighted by molar-refractivity contribution is 7.89. The van der Waals surface area contributed by atoms with Crippen molar-refractivity contribution < 1.29 is 13.2 Å². The molecule has 0 spiro atoms. The van der Waals surface area contributed by atoms with Gasteiger partial charge in [-0.1, -0.05) is 33.3 Å². The molecule has 0 atom stereocenters. The van der Waals surface area contributed by atoms with Gasteiger partial charge in [0.2, 0.25) is 15.9 Å². The molecule has 0 saturated carbocycles. The van der Waals surface area contributed by atoms with Crippen LogP contribution < -0.4 is 5.32 Å². The zero-order chi connectivity index (χ0) is 21.2. The molecule has 1 aliphatic heterocycles. The van der Waals surface area contributed by atoms with E-state index >= 15 is 0 Å². The number of benzene rings is 1. The first-order valence-corrected chi connectivity index (χ1v) is 11.2. The number of aryl methyl sites for hydroxylation is 1. The maximum atomic E-state index is 12.9. The van der Waals surface area contributed by atoms with Crippen molar-refractivity contribution in [3.63, 3.8) is 0 Å². The Labute approximate surface area is 171 Å². The fraction of sp³-hybridized carbons (Fsp3) is 0.579. The fourth-order valence-electron chi connectivity index (χ4n) is 3.32. The lowest BCUT2D eigenvalue weighted by Gasteiger charge is -2.26. The molecule has 158 valence electrons. The lowest BCUT2D eigenvalue weighted by atomic mass is 9.96. The summed E-state index contributed by atoms with van der Waals surface area (Å²) in [6, 6.07) is 4.83. The first-order chi connectivity index (χ1) is 13.6. The van der Waals surface area contributed by atoms with Crippen molar-refractivity contribution in [3.05, 3.63) is 29.6 Å². The van der Waals surface area contributed by atoms with Gasteiger partial charge in [0.1, 0.15) is 6.54 Å². The number of carbonyl (C=O) groups is 1. The van der Waals surface area contributed by atoms with Crippen molar-refractivity contribution in [1.29, 1.82) is 0 Å². The maximum Gasteiger partial charge on any atom is 0.246 e. The molecule has 0 aliphatic carbocycles. The molecule has 1 amide bonds. The normalized spacial score (nSPS) is 16.0. The summed E-state index contributed by atoms with van der Waals surface area (Å²) in [7, 11) is -3.57. The van der Waals surface area contributed by atoms with Gasteiger partial charge in [0, 0.05) is 24.2 Å². The summed E-state index contributed by atoms with van der Waals surface area (Å²) in [6.45, 7) is 8.73. The first-order valence-electron chi connectivity index (χ1n) is 9.76. The van der Waals surface area contributed by atoms with Crippen LogP contribution in [0, 0.1) is 6.92 Å². The van der Waals surface area contributed by atoms with E-state index in [1.54, 1.807) is 12.1 Å². The summed E-state index contributed by atoms with van der Waals surface area (Å²) in [5, 5.41) is 14.4. The summed E-state index contributed by atoms with van der Waals surface area (Å²) < 4.78 is 28.8. The lowest BCUT2D eigenvalue weighted by Crippen LogP contribution is -2.35. The van der Waals surface area contributed by atoms with Crippen LogP contribution in [0.5, 0.6) is 0 Å². The highest BCUT2D eigenvalue weighted by Gasteiger charge is 2.27. The molecule has 9 nitrogen and oxygen atoms in total. The number of nitrogens with zero attached hydrogens (tertiary/aromatic N) is 5. The van der Waals surface area contributed by atoms with E-state index in [9.17, 15) is 13.2 Å². The zero-order valence-corrected chi connectivity index (χ0v) is 18.2. The molecule has 1 saturated heterocycles. The third kappa shape index (κ3) is 4.81. The van der Waals surface area contributed by atoms with Gasteiger partial charge in [-0.3, -0.25) is 4.79 Å². The predicted molar refractivity (Wildman–Crippen MR) is 109 cm³/mol. The van der Waals surface area contributed by atoms with Gasteiger partial charge in [0.15, 0.2) is 5.82 Å². The Morgan fingerprint density at radius 2 is 1.86 bits per heavy atom. The number of amides is 1. The van der Waals surface area contributed by atoms with E-state index in [2.05, 4.69) is 20.8 Å². The first kappa shape index (κ1) is 21.4. The monoisotopic (exact) mass is 420 g/mol. The second-order valence-electron chi connectivity index (χ2n) is 8.40. The number of rotatable bonds is 5. The summed E-state index contributed by atoms with van der Waals surface area (Å²) in [4.78, 5) is 12.8. The molecule has 1 aromatic heterocycles. The summed E-state index contributed by atoms with van der Waals surface area (Å²) >= 11 is 0. The standard InChI is InChI=1S/C19H28N6O3S/c1-14-8-9-15(29(27,28)24-10-6-5-7-11-24)12-16(14)20-17(26)13-25-18(19(2,3)4)21-22-23-25/h8-9,12H,5-7,10-11,13H2,1-4H3,(H,20,26). The fourth-order valence-corrected chi connectivity index (χ4v) is 4.87. The molecule has 3 rings (SSSR count). The quantitative estimate of drug-likeness (QED) is 0.793. The average Bonchev–Trinajstić information content (AvgIpc) is 3.12. The van der Waals surface area contributed by atoms with Crippen molar-refractivity contribution in [1.82, 2.24) is 24.5 Å². The lowest BCUT2D eigenvalue weighted by molar-refractivity contribution is -0.117. The van der Waals surface area contributed by atoms with Crippen LogP contribution in [-0.2, 0) is 26.8 Å². The van der Waals surface area contributed by atoms with Gasteiger partial charge in [-0.05, 0) is 47.9 Å². The SMILES string of the molecule is Cc1ccc(S(=O)(=O)N2CCCCC2)cc1NC(=O)Cn1nnnc1C(C)(C)C. The van der Waals surface area contributed by atoms with Gasteiger partial charge in [-0.2, -0.15) is 4.31 Å². The molecule has 1 aliphatic rings. The van der Waals surface area contributed by atoms with E-state index < -0.39 is 10.0 Å². The number of hydrogen-bond donors (Lipinski definition) is 1. The Morgan fingerprint density at radius 1 is 1.17 bits per heavy atom. The van der Waals surface area contributed by atoms with E-state index in [-0.39, 0.29) is 22.8 Å². The number of hydrogen-bond acceptors (Lipinski definition) is 6. The van der Waals surface area contributed by atoms with Crippen molar-refractivity contribution in [2.24, 2.45) is 0 Å². The Balaban J connectivity index is 1.78. The molecule has 0 radical (unpaired) electrons. The van der Waals surface area contributed by atoms with E-state index in [0.717, 1.165) is 24.8 Å². The zero-order valence-electron chi connectivity index (χ0n) is 17.3. The Bertz CT molecular complexity index is 988. The van der Waals surface area contributed by atoms with Crippen molar-refractivity contribution in [2.75, 3.05) is 18.4 Å². The number of sulfonamides is 1. The van der Waals surface area contributed by atoms with Crippen LogP contribution in [0.25, 0.3) is 0 Å².